The standard InChI is InChI=1S/C21H28Cl2N2O4/c1-13-18-14(9-16(22)10-17(18)23)5-6-25(13)19(26)15-11-24(7-8-28-12-15)20(27)29-21(2,3)4/h9-10,13,15H,5-8,11-12H2,1-4H3/t13-,15?/m0/s1. The molecule has 0 saturated carbocycles. The number of carbonyl (C=O) groups excluding carboxylic acids is 2. The molecule has 2 heterocycles. The first-order valence-electron chi connectivity index (χ1n) is 9.91. The van der Waals surface area contributed by atoms with Gasteiger partial charge in [0.15, 0.2) is 0 Å². The molecule has 2 atom stereocenters. The number of benzene rings is 1. The molecule has 160 valence electrons. The van der Waals surface area contributed by atoms with E-state index in [9.17, 15) is 9.59 Å². The summed E-state index contributed by atoms with van der Waals surface area (Å²) in [4.78, 5) is 29.3. The van der Waals surface area contributed by atoms with Gasteiger partial charge in [-0.15, -0.1) is 0 Å². The highest BCUT2D eigenvalue weighted by atomic mass is 35.5. The van der Waals surface area contributed by atoms with Crippen molar-refractivity contribution < 1.29 is 19.1 Å². The van der Waals surface area contributed by atoms with Crippen LogP contribution in [-0.2, 0) is 20.7 Å². The van der Waals surface area contributed by atoms with Crippen LogP contribution in [0.3, 0.4) is 0 Å². The number of nitrogens with zero attached hydrogens (tertiary/aromatic N) is 2. The van der Waals surface area contributed by atoms with Crippen LogP contribution in [0.5, 0.6) is 0 Å². The molecule has 0 aromatic heterocycles. The maximum absolute atomic E-state index is 13.4. The molecule has 1 aromatic rings. The second-order valence-corrected chi connectivity index (χ2v) is 9.46. The van der Waals surface area contributed by atoms with E-state index in [2.05, 4.69) is 0 Å². The first-order valence-corrected chi connectivity index (χ1v) is 10.7. The van der Waals surface area contributed by atoms with Crippen LogP contribution in [0.4, 0.5) is 4.79 Å². The Hall–Kier alpha value is -1.50. The summed E-state index contributed by atoms with van der Waals surface area (Å²) < 4.78 is 11.1. The van der Waals surface area contributed by atoms with Gasteiger partial charge in [-0.25, -0.2) is 4.79 Å². The molecule has 0 bridgehead atoms. The van der Waals surface area contributed by atoms with E-state index >= 15 is 0 Å². The highest BCUT2D eigenvalue weighted by molar-refractivity contribution is 6.35. The monoisotopic (exact) mass is 442 g/mol. The van der Waals surface area contributed by atoms with E-state index in [0.29, 0.717) is 36.2 Å². The summed E-state index contributed by atoms with van der Waals surface area (Å²) in [5, 5.41) is 1.18. The average Bonchev–Trinajstić information content (AvgIpc) is 2.85. The van der Waals surface area contributed by atoms with Gasteiger partial charge in [0.1, 0.15) is 5.60 Å². The van der Waals surface area contributed by atoms with E-state index < -0.39 is 17.6 Å². The molecule has 2 amide bonds. The van der Waals surface area contributed by atoms with Crippen molar-refractivity contribution >= 4 is 35.2 Å². The van der Waals surface area contributed by atoms with Crippen LogP contribution in [0.1, 0.15) is 44.9 Å². The number of hydrogen-bond donors (Lipinski definition) is 0. The van der Waals surface area contributed by atoms with Gasteiger partial charge in [-0.3, -0.25) is 4.79 Å². The lowest BCUT2D eigenvalue weighted by Crippen LogP contribution is -2.47. The van der Waals surface area contributed by atoms with Gasteiger partial charge in [-0.1, -0.05) is 23.2 Å². The highest BCUT2D eigenvalue weighted by Gasteiger charge is 2.36. The van der Waals surface area contributed by atoms with Crippen molar-refractivity contribution in [1.82, 2.24) is 9.80 Å². The molecule has 0 aliphatic carbocycles. The Morgan fingerprint density at radius 1 is 1.21 bits per heavy atom. The van der Waals surface area contributed by atoms with Gasteiger partial charge in [0.05, 0.1) is 25.2 Å². The summed E-state index contributed by atoms with van der Waals surface area (Å²) >= 11 is 12.6. The van der Waals surface area contributed by atoms with Gasteiger partial charge >= 0.3 is 6.09 Å². The van der Waals surface area contributed by atoms with Gasteiger partial charge in [0.2, 0.25) is 5.91 Å². The zero-order valence-corrected chi connectivity index (χ0v) is 18.8. The van der Waals surface area contributed by atoms with E-state index in [4.69, 9.17) is 32.7 Å². The van der Waals surface area contributed by atoms with Crippen LogP contribution in [0.15, 0.2) is 12.1 Å². The number of hydrogen-bond acceptors (Lipinski definition) is 4. The Morgan fingerprint density at radius 2 is 1.93 bits per heavy atom. The predicted molar refractivity (Wildman–Crippen MR) is 112 cm³/mol. The summed E-state index contributed by atoms with van der Waals surface area (Å²) in [6.45, 7) is 9.36. The Kier molecular flexibility index (Phi) is 6.66. The molecule has 1 fully saturated rings. The molecule has 1 saturated heterocycles. The highest BCUT2D eigenvalue weighted by Crippen LogP contribution is 2.37. The molecule has 0 spiro atoms. The molecule has 0 N–H and O–H groups in total. The second kappa shape index (κ2) is 8.70. The van der Waals surface area contributed by atoms with Gasteiger partial charge in [0.25, 0.3) is 0 Å². The molecule has 2 aliphatic heterocycles. The lowest BCUT2D eigenvalue weighted by atomic mass is 9.92. The largest absolute Gasteiger partial charge is 0.444 e. The van der Waals surface area contributed by atoms with E-state index in [1.807, 2.05) is 38.7 Å². The minimum Gasteiger partial charge on any atom is -0.444 e. The molecule has 8 heteroatoms. The Bertz CT molecular complexity index is 794. The van der Waals surface area contributed by atoms with E-state index in [1.54, 1.807) is 11.0 Å². The van der Waals surface area contributed by atoms with E-state index in [-0.39, 0.29) is 25.1 Å². The molecule has 6 nitrogen and oxygen atoms in total. The van der Waals surface area contributed by atoms with Crippen LogP contribution in [0, 0.1) is 5.92 Å². The number of carbonyl (C=O) groups is 2. The van der Waals surface area contributed by atoms with Crippen LogP contribution < -0.4 is 0 Å². The van der Waals surface area contributed by atoms with Crippen molar-refractivity contribution in [3.63, 3.8) is 0 Å². The topological polar surface area (TPSA) is 59.1 Å². The van der Waals surface area contributed by atoms with Crippen molar-refractivity contribution in [3.05, 3.63) is 33.3 Å². The minimum absolute atomic E-state index is 0.0374. The lowest BCUT2D eigenvalue weighted by Gasteiger charge is -2.38. The quantitative estimate of drug-likeness (QED) is 0.649. The fourth-order valence-corrected chi connectivity index (χ4v) is 4.58. The maximum Gasteiger partial charge on any atom is 0.410 e. The average molecular weight is 443 g/mol. The summed E-state index contributed by atoms with van der Waals surface area (Å²) in [5.41, 5.74) is 1.42. The van der Waals surface area contributed by atoms with Crippen LogP contribution in [-0.4, -0.2) is 60.2 Å². The summed E-state index contributed by atoms with van der Waals surface area (Å²) in [6, 6.07) is 3.46. The van der Waals surface area contributed by atoms with Crippen molar-refractivity contribution in [2.75, 3.05) is 32.8 Å². The molecule has 1 aromatic carbocycles. The lowest BCUT2D eigenvalue weighted by molar-refractivity contribution is -0.140. The normalized spacial score (nSPS) is 22.7. The summed E-state index contributed by atoms with van der Waals surface area (Å²) in [7, 11) is 0. The number of amides is 2. The van der Waals surface area contributed by atoms with Crippen LogP contribution in [0.25, 0.3) is 0 Å². The fourth-order valence-electron chi connectivity index (χ4n) is 3.89. The van der Waals surface area contributed by atoms with Gasteiger partial charge in [-0.2, -0.15) is 0 Å². The minimum atomic E-state index is -0.590. The van der Waals surface area contributed by atoms with Crippen LogP contribution >= 0.6 is 23.2 Å². The first kappa shape index (κ1) is 22.2. The van der Waals surface area contributed by atoms with E-state index in [1.165, 1.54) is 0 Å². The van der Waals surface area contributed by atoms with Crippen LogP contribution in [0.2, 0.25) is 10.0 Å². The molecule has 3 rings (SSSR count). The Balaban J connectivity index is 1.76. The Morgan fingerprint density at radius 3 is 2.62 bits per heavy atom. The number of ether oxygens (including phenoxy) is 2. The SMILES string of the molecule is C[C@H]1c2c(Cl)cc(Cl)cc2CCN1C(=O)C1COCCN(C(=O)OC(C)(C)C)C1. The third kappa shape index (κ3) is 5.16. The summed E-state index contributed by atoms with van der Waals surface area (Å²) in [5.74, 6) is -0.482. The first-order chi connectivity index (χ1) is 13.6. The van der Waals surface area contributed by atoms with Crippen molar-refractivity contribution in [2.24, 2.45) is 5.92 Å². The van der Waals surface area contributed by atoms with Crippen molar-refractivity contribution in [3.8, 4) is 0 Å². The van der Waals surface area contributed by atoms with Gasteiger partial charge in [-0.05, 0) is 57.4 Å². The number of rotatable bonds is 1. The second-order valence-electron chi connectivity index (χ2n) is 8.62. The predicted octanol–water partition coefficient (Wildman–Crippen LogP) is 4.32. The van der Waals surface area contributed by atoms with Crippen molar-refractivity contribution in [1.29, 1.82) is 0 Å². The third-order valence-electron chi connectivity index (χ3n) is 5.24. The molecule has 0 radical (unpaired) electrons. The molecular weight excluding hydrogens is 415 g/mol. The molecule has 2 aliphatic rings. The number of halogens is 2. The molecule has 29 heavy (non-hydrogen) atoms. The summed E-state index contributed by atoms with van der Waals surface area (Å²) in [6.07, 6.45) is 0.269. The zero-order valence-electron chi connectivity index (χ0n) is 17.3. The van der Waals surface area contributed by atoms with E-state index in [0.717, 1.165) is 11.1 Å². The van der Waals surface area contributed by atoms with Gasteiger partial charge < -0.3 is 19.3 Å². The smallest absolute Gasteiger partial charge is 0.410 e. The molecular formula is C21H28Cl2N2O4. The fraction of sp³-hybridized carbons (Fsp3) is 0.619. The van der Waals surface area contributed by atoms with Crippen molar-refractivity contribution in [2.45, 2.75) is 45.8 Å². The molecule has 1 unspecified atom stereocenters. The number of fused-ring (bicyclic) bond motifs is 1. The maximum atomic E-state index is 13.4. The zero-order chi connectivity index (χ0) is 21.3. The third-order valence-corrected chi connectivity index (χ3v) is 5.77. The van der Waals surface area contributed by atoms with Gasteiger partial charge in [0, 0.05) is 29.7 Å². The Labute approximate surface area is 182 Å².